The lowest BCUT2D eigenvalue weighted by Gasteiger charge is -2.23. The fourth-order valence-electron chi connectivity index (χ4n) is 4.64. The summed E-state index contributed by atoms with van der Waals surface area (Å²) in [7, 11) is -4.38. The number of rotatable bonds is 3. The Morgan fingerprint density at radius 3 is 2.59 bits per heavy atom. The Morgan fingerprint density at radius 1 is 1.14 bits per heavy atom. The Morgan fingerprint density at radius 2 is 1.90 bits per heavy atom. The van der Waals surface area contributed by atoms with Crippen LogP contribution in [0, 0.1) is 11.8 Å². The normalized spacial score (nSPS) is 24.7. The van der Waals surface area contributed by atoms with Crippen molar-refractivity contribution in [1.29, 1.82) is 0 Å². The minimum Gasteiger partial charge on any atom is -0.356 e. The van der Waals surface area contributed by atoms with Gasteiger partial charge in [-0.1, -0.05) is 22.0 Å². The van der Waals surface area contributed by atoms with Crippen molar-refractivity contribution < 1.29 is 26.1 Å². The van der Waals surface area contributed by atoms with Crippen LogP contribution in [-0.4, -0.2) is 31.0 Å². The summed E-state index contributed by atoms with van der Waals surface area (Å²) in [4.78, 5) is 5.51. The Bertz CT molecular complexity index is 1050. The highest BCUT2D eigenvalue weighted by atomic mass is 79.9. The first-order valence-corrected chi connectivity index (χ1v) is 11.3. The number of alkyl halides is 3. The molecule has 1 aromatic heterocycles. The van der Waals surface area contributed by atoms with E-state index < -0.39 is 22.0 Å². The summed E-state index contributed by atoms with van der Waals surface area (Å²) in [5.74, 6) is 0.466. The van der Waals surface area contributed by atoms with Crippen LogP contribution >= 0.6 is 15.9 Å². The second-order valence-corrected chi connectivity index (χ2v) is 9.85. The van der Waals surface area contributed by atoms with E-state index in [4.69, 9.17) is 0 Å². The van der Waals surface area contributed by atoms with E-state index in [0.29, 0.717) is 23.1 Å². The third-order valence-electron chi connectivity index (χ3n) is 5.85. The quantitative estimate of drug-likeness (QED) is 0.629. The number of fused-ring (bicyclic) bond motifs is 1. The molecule has 1 aliphatic heterocycles. The molecule has 1 aromatic carbocycles. The monoisotopic (exact) mass is 490 g/mol. The third-order valence-corrected chi connectivity index (χ3v) is 7.28. The average Bonchev–Trinajstić information content (AvgIpc) is 3.20. The van der Waals surface area contributed by atoms with E-state index in [2.05, 4.69) is 20.9 Å². The number of hydrogen-bond donors (Lipinski definition) is 1. The zero-order valence-corrected chi connectivity index (χ0v) is 17.5. The maximum Gasteiger partial charge on any atom is 0.433 e. The minimum absolute atomic E-state index is 0.0705. The highest BCUT2D eigenvalue weighted by Gasteiger charge is 2.45. The molecule has 1 saturated heterocycles. The van der Waals surface area contributed by atoms with Crippen LogP contribution in [0.1, 0.15) is 30.0 Å². The van der Waals surface area contributed by atoms with Crippen molar-refractivity contribution in [3.05, 3.63) is 52.1 Å². The SMILES string of the molecule is O=S(=O)(O)c1ccc(Br)cc1[C@@H]1CC[C@@H]2CN(c3cccc(C(F)(F)F)n3)C[C@@H]21. The molecule has 1 N–H and O–H groups in total. The van der Waals surface area contributed by atoms with Crippen molar-refractivity contribution in [2.75, 3.05) is 18.0 Å². The zero-order chi connectivity index (χ0) is 21.0. The second kappa shape index (κ2) is 7.24. The van der Waals surface area contributed by atoms with Gasteiger partial charge >= 0.3 is 6.18 Å². The summed E-state index contributed by atoms with van der Waals surface area (Å²) in [6.45, 7) is 1.06. The minimum atomic E-state index is -4.51. The number of pyridine rings is 1. The standard InChI is InChI=1S/C19H18BrF3N2O3S/c20-12-5-7-16(29(26,27)28)14(8-12)13-6-4-11-9-25(10-15(11)13)18-3-1-2-17(24-18)19(21,22)23/h1-3,5,7-8,11,13,15H,4,6,9-10H2,(H,26,27,28)/t11-,13+,15+/m1/s1. The molecule has 2 heterocycles. The predicted molar refractivity (Wildman–Crippen MR) is 104 cm³/mol. The number of benzene rings is 1. The third kappa shape index (κ3) is 4.02. The molecule has 5 nitrogen and oxygen atoms in total. The first kappa shape index (κ1) is 20.6. The topological polar surface area (TPSA) is 70.5 Å². The van der Waals surface area contributed by atoms with Gasteiger partial charge in [0.1, 0.15) is 11.5 Å². The fraction of sp³-hybridized carbons (Fsp3) is 0.421. The molecule has 1 saturated carbocycles. The molecule has 0 radical (unpaired) electrons. The smallest absolute Gasteiger partial charge is 0.356 e. The molecular formula is C19H18BrF3N2O3S. The van der Waals surface area contributed by atoms with E-state index >= 15 is 0 Å². The molecule has 0 amide bonds. The molecule has 29 heavy (non-hydrogen) atoms. The lowest BCUT2D eigenvalue weighted by molar-refractivity contribution is -0.141. The maximum absolute atomic E-state index is 13.0. The predicted octanol–water partition coefficient (Wildman–Crippen LogP) is 4.74. The van der Waals surface area contributed by atoms with Crippen LogP contribution in [0.15, 0.2) is 45.8 Å². The van der Waals surface area contributed by atoms with Crippen LogP contribution in [0.4, 0.5) is 19.0 Å². The van der Waals surface area contributed by atoms with Gasteiger partial charge in [-0.2, -0.15) is 21.6 Å². The van der Waals surface area contributed by atoms with Crippen LogP contribution in [0.25, 0.3) is 0 Å². The highest BCUT2D eigenvalue weighted by molar-refractivity contribution is 9.10. The van der Waals surface area contributed by atoms with Crippen LogP contribution in [0.5, 0.6) is 0 Å². The van der Waals surface area contributed by atoms with E-state index in [-0.39, 0.29) is 28.5 Å². The van der Waals surface area contributed by atoms with Crippen LogP contribution in [-0.2, 0) is 16.3 Å². The van der Waals surface area contributed by atoms with E-state index in [1.165, 1.54) is 12.1 Å². The number of anilines is 1. The molecule has 2 aromatic rings. The van der Waals surface area contributed by atoms with Gasteiger partial charge < -0.3 is 4.90 Å². The van der Waals surface area contributed by atoms with Crippen molar-refractivity contribution in [3.63, 3.8) is 0 Å². The Kier molecular flexibility index (Phi) is 5.15. The van der Waals surface area contributed by atoms with Gasteiger partial charge in [-0.05, 0) is 66.5 Å². The van der Waals surface area contributed by atoms with Crippen molar-refractivity contribution in [2.45, 2.75) is 29.8 Å². The largest absolute Gasteiger partial charge is 0.433 e. The van der Waals surface area contributed by atoms with Gasteiger partial charge in [0.2, 0.25) is 0 Å². The zero-order valence-electron chi connectivity index (χ0n) is 15.1. The first-order chi connectivity index (χ1) is 13.5. The van der Waals surface area contributed by atoms with E-state index in [9.17, 15) is 26.1 Å². The molecule has 0 bridgehead atoms. The lowest BCUT2D eigenvalue weighted by atomic mass is 9.87. The first-order valence-electron chi connectivity index (χ1n) is 9.10. The summed E-state index contributed by atoms with van der Waals surface area (Å²) in [6, 6.07) is 8.51. The molecule has 0 spiro atoms. The molecule has 1 aliphatic carbocycles. The van der Waals surface area contributed by atoms with Crippen molar-refractivity contribution in [1.82, 2.24) is 4.98 Å². The molecule has 10 heteroatoms. The van der Waals surface area contributed by atoms with Crippen molar-refractivity contribution >= 4 is 31.9 Å². The molecule has 2 fully saturated rings. The number of halogens is 4. The van der Waals surface area contributed by atoms with Crippen molar-refractivity contribution in [3.8, 4) is 0 Å². The van der Waals surface area contributed by atoms with E-state index in [1.54, 1.807) is 18.2 Å². The maximum atomic E-state index is 13.0. The Hall–Kier alpha value is -1.65. The fourth-order valence-corrected chi connectivity index (χ4v) is 5.77. The summed E-state index contributed by atoms with van der Waals surface area (Å²) in [5.41, 5.74) is -0.377. The average molecular weight is 491 g/mol. The van der Waals surface area contributed by atoms with E-state index in [0.717, 1.165) is 18.9 Å². The number of nitrogens with zero attached hydrogens (tertiary/aromatic N) is 2. The van der Waals surface area contributed by atoms with Crippen molar-refractivity contribution in [2.24, 2.45) is 11.8 Å². The van der Waals surface area contributed by atoms with Gasteiger partial charge in [-0.25, -0.2) is 4.98 Å². The van der Waals surface area contributed by atoms with Crippen LogP contribution in [0.3, 0.4) is 0 Å². The van der Waals surface area contributed by atoms with E-state index in [1.807, 2.05) is 4.90 Å². The molecule has 2 aliphatic rings. The van der Waals surface area contributed by atoms with Gasteiger partial charge in [0.05, 0.1) is 4.90 Å². The van der Waals surface area contributed by atoms with Gasteiger partial charge in [-0.3, -0.25) is 4.55 Å². The Labute approximate surface area is 174 Å². The molecule has 4 rings (SSSR count). The van der Waals surface area contributed by atoms with Gasteiger partial charge in [0, 0.05) is 17.6 Å². The van der Waals surface area contributed by atoms with Gasteiger partial charge in [-0.15, -0.1) is 0 Å². The molecule has 3 atom stereocenters. The van der Waals surface area contributed by atoms with Crippen LogP contribution < -0.4 is 4.90 Å². The summed E-state index contributed by atoms with van der Waals surface area (Å²) in [5, 5.41) is 0. The lowest BCUT2D eigenvalue weighted by Crippen LogP contribution is -2.24. The molecular weight excluding hydrogens is 473 g/mol. The summed E-state index contributed by atoms with van der Waals surface area (Å²) in [6.07, 6.45) is -2.91. The van der Waals surface area contributed by atoms with Gasteiger partial charge in [0.15, 0.2) is 0 Å². The molecule has 156 valence electrons. The Balaban J connectivity index is 1.63. The molecule has 0 unspecified atom stereocenters. The van der Waals surface area contributed by atoms with Crippen LogP contribution in [0.2, 0.25) is 0 Å². The summed E-state index contributed by atoms with van der Waals surface area (Å²) < 4.78 is 73.0. The van der Waals surface area contributed by atoms with Gasteiger partial charge in [0.25, 0.3) is 10.1 Å². The number of aromatic nitrogens is 1. The highest BCUT2D eigenvalue weighted by Crippen LogP contribution is 2.50. The second-order valence-electron chi connectivity index (χ2n) is 7.55. The summed E-state index contributed by atoms with van der Waals surface area (Å²) >= 11 is 3.35. The number of hydrogen-bond acceptors (Lipinski definition) is 4.